The maximum absolute atomic E-state index is 2.48. The Morgan fingerprint density at radius 3 is 2.86 bits per heavy atom. The first-order chi connectivity index (χ1) is 10.0. The Bertz CT molecular complexity index is 472. The molecule has 0 heterocycles. The molecule has 0 aromatic rings. The molecule has 0 saturated carbocycles. The fraction of sp³-hybridized carbons (Fsp3) is 0.619. The van der Waals surface area contributed by atoms with Crippen molar-refractivity contribution >= 4 is 0 Å². The predicted octanol–water partition coefficient (Wildman–Crippen LogP) is 6.76. The summed E-state index contributed by atoms with van der Waals surface area (Å²) in [6, 6.07) is 0. The number of hydrogen-bond acceptors (Lipinski definition) is 0. The van der Waals surface area contributed by atoms with Crippen LogP contribution in [0.5, 0.6) is 0 Å². The summed E-state index contributed by atoms with van der Waals surface area (Å²) in [5.41, 5.74) is 5.13. The van der Waals surface area contributed by atoms with Crippen LogP contribution in [0.2, 0.25) is 0 Å². The van der Waals surface area contributed by atoms with Gasteiger partial charge >= 0.3 is 0 Å². The first-order valence-corrected chi connectivity index (χ1v) is 8.71. The maximum atomic E-state index is 2.48. The lowest BCUT2D eigenvalue weighted by Gasteiger charge is -2.40. The molecule has 0 nitrogen and oxygen atoms in total. The van der Waals surface area contributed by atoms with Crippen LogP contribution in [-0.2, 0) is 0 Å². The van der Waals surface area contributed by atoms with E-state index in [0.717, 1.165) is 12.3 Å². The van der Waals surface area contributed by atoms with Crippen molar-refractivity contribution in [2.24, 2.45) is 11.3 Å². The lowest BCUT2D eigenvalue weighted by atomic mass is 9.65. The molecule has 0 aromatic carbocycles. The topological polar surface area (TPSA) is 0 Å². The summed E-state index contributed by atoms with van der Waals surface area (Å²) in [6.45, 7) is 9.57. The highest BCUT2D eigenvalue weighted by Gasteiger charge is 2.34. The Hall–Kier alpha value is -1.04. The van der Waals surface area contributed by atoms with Crippen LogP contribution in [0.25, 0.3) is 0 Å². The first-order valence-electron chi connectivity index (χ1n) is 8.71. The Morgan fingerprint density at radius 1 is 1.38 bits per heavy atom. The summed E-state index contributed by atoms with van der Waals surface area (Å²) >= 11 is 0. The molecule has 0 aromatic heterocycles. The van der Waals surface area contributed by atoms with E-state index in [-0.39, 0.29) is 0 Å². The van der Waals surface area contributed by atoms with E-state index in [2.05, 4.69) is 58.1 Å². The summed E-state index contributed by atoms with van der Waals surface area (Å²) in [4.78, 5) is 0. The van der Waals surface area contributed by atoms with Gasteiger partial charge in [0.05, 0.1) is 0 Å². The SMILES string of the molecule is CC1=CCCC(C)C1(C)CC/C(C)=C/CCC1=CCC=C1. The second-order valence-electron chi connectivity index (χ2n) is 7.29. The number of allylic oxidation sites excluding steroid dienone is 8. The van der Waals surface area contributed by atoms with E-state index in [0.29, 0.717) is 5.41 Å². The summed E-state index contributed by atoms with van der Waals surface area (Å²) in [5, 5.41) is 0. The average molecular weight is 284 g/mol. The van der Waals surface area contributed by atoms with Gasteiger partial charge in [-0.1, -0.05) is 60.9 Å². The molecule has 0 radical (unpaired) electrons. The minimum Gasteiger partial charge on any atom is -0.0853 e. The van der Waals surface area contributed by atoms with Gasteiger partial charge in [0.1, 0.15) is 0 Å². The first kappa shape index (κ1) is 16.3. The van der Waals surface area contributed by atoms with Crippen LogP contribution in [0.4, 0.5) is 0 Å². The molecule has 2 unspecified atom stereocenters. The molecule has 0 N–H and O–H groups in total. The van der Waals surface area contributed by atoms with Gasteiger partial charge in [0.15, 0.2) is 0 Å². The maximum Gasteiger partial charge on any atom is -0.00904 e. The molecule has 2 aliphatic rings. The van der Waals surface area contributed by atoms with Gasteiger partial charge in [-0.2, -0.15) is 0 Å². The zero-order valence-electron chi connectivity index (χ0n) is 14.4. The molecule has 2 rings (SSSR count). The van der Waals surface area contributed by atoms with Crippen molar-refractivity contribution in [2.45, 2.75) is 72.6 Å². The predicted molar refractivity (Wildman–Crippen MR) is 94.3 cm³/mol. The lowest BCUT2D eigenvalue weighted by Crippen LogP contribution is -2.29. The van der Waals surface area contributed by atoms with Crippen LogP contribution in [0, 0.1) is 11.3 Å². The zero-order valence-corrected chi connectivity index (χ0v) is 14.4. The highest BCUT2D eigenvalue weighted by Crippen LogP contribution is 2.45. The molecule has 116 valence electrons. The third-order valence-corrected chi connectivity index (χ3v) is 5.85. The van der Waals surface area contributed by atoms with Gasteiger partial charge in [-0.15, -0.1) is 0 Å². The molecule has 0 fully saturated rings. The van der Waals surface area contributed by atoms with Crippen molar-refractivity contribution in [3.8, 4) is 0 Å². The fourth-order valence-corrected chi connectivity index (χ4v) is 3.67. The van der Waals surface area contributed by atoms with Gasteiger partial charge in [0.25, 0.3) is 0 Å². The minimum absolute atomic E-state index is 0.421. The molecule has 2 atom stereocenters. The van der Waals surface area contributed by atoms with Crippen LogP contribution in [0.3, 0.4) is 0 Å². The van der Waals surface area contributed by atoms with Crippen LogP contribution in [0.1, 0.15) is 72.6 Å². The van der Waals surface area contributed by atoms with Crippen molar-refractivity contribution in [3.63, 3.8) is 0 Å². The van der Waals surface area contributed by atoms with Gasteiger partial charge in [-0.05, 0) is 70.1 Å². The molecule has 2 aliphatic carbocycles. The standard InChI is InChI=1S/C21H32/c1-17(9-7-14-20-12-5-6-13-20)15-16-21(4)18(2)10-8-11-19(21)3/h5,9-10,12-13,19H,6-8,11,14-16H2,1-4H3/b17-9+. The van der Waals surface area contributed by atoms with Crippen molar-refractivity contribution in [2.75, 3.05) is 0 Å². The van der Waals surface area contributed by atoms with E-state index in [1.54, 1.807) is 11.1 Å². The number of rotatable bonds is 6. The van der Waals surface area contributed by atoms with E-state index in [1.807, 2.05) is 0 Å². The zero-order chi connectivity index (χ0) is 15.3. The molecule has 21 heavy (non-hydrogen) atoms. The largest absolute Gasteiger partial charge is 0.0853 e. The average Bonchev–Trinajstić information content (AvgIpc) is 2.96. The van der Waals surface area contributed by atoms with Crippen molar-refractivity contribution in [3.05, 3.63) is 47.1 Å². The van der Waals surface area contributed by atoms with Crippen LogP contribution >= 0.6 is 0 Å². The van der Waals surface area contributed by atoms with Crippen molar-refractivity contribution < 1.29 is 0 Å². The number of hydrogen-bond donors (Lipinski definition) is 0. The van der Waals surface area contributed by atoms with Crippen molar-refractivity contribution in [1.29, 1.82) is 0 Å². The van der Waals surface area contributed by atoms with E-state index in [4.69, 9.17) is 0 Å². The lowest BCUT2D eigenvalue weighted by molar-refractivity contribution is 0.211. The second-order valence-corrected chi connectivity index (χ2v) is 7.29. The van der Waals surface area contributed by atoms with Gasteiger partial charge in [0, 0.05) is 0 Å². The van der Waals surface area contributed by atoms with Crippen molar-refractivity contribution in [1.82, 2.24) is 0 Å². The van der Waals surface area contributed by atoms with Crippen LogP contribution < -0.4 is 0 Å². The summed E-state index contributed by atoms with van der Waals surface area (Å²) in [6.07, 6.45) is 20.6. The third kappa shape index (κ3) is 4.22. The fourth-order valence-electron chi connectivity index (χ4n) is 3.67. The Labute approximate surface area is 131 Å². The third-order valence-electron chi connectivity index (χ3n) is 5.85. The van der Waals surface area contributed by atoms with E-state index >= 15 is 0 Å². The minimum atomic E-state index is 0.421. The molecule has 0 saturated heterocycles. The smallest absolute Gasteiger partial charge is 0.00904 e. The molecular weight excluding hydrogens is 252 g/mol. The molecule has 0 bridgehead atoms. The summed E-state index contributed by atoms with van der Waals surface area (Å²) in [7, 11) is 0. The summed E-state index contributed by atoms with van der Waals surface area (Å²) < 4.78 is 0. The van der Waals surface area contributed by atoms with Crippen LogP contribution in [0.15, 0.2) is 47.1 Å². The van der Waals surface area contributed by atoms with Crippen LogP contribution in [-0.4, -0.2) is 0 Å². The van der Waals surface area contributed by atoms with E-state index in [9.17, 15) is 0 Å². The molecule has 0 spiro atoms. The second kappa shape index (κ2) is 7.29. The highest BCUT2D eigenvalue weighted by molar-refractivity contribution is 5.26. The van der Waals surface area contributed by atoms with Gasteiger partial charge in [0.2, 0.25) is 0 Å². The van der Waals surface area contributed by atoms with Gasteiger partial charge in [-0.3, -0.25) is 0 Å². The van der Waals surface area contributed by atoms with E-state index < -0.39 is 0 Å². The molecule has 0 amide bonds. The van der Waals surface area contributed by atoms with Gasteiger partial charge in [-0.25, -0.2) is 0 Å². The Kier molecular flexibility index (Phi) is 5.67. The molecular formula is C21H32. The quantitative estimate of drug-likeness (QED) is 0.472. The molecule has 0 heteroatoms. The Balaban J connectivity index is 1.82. The van der Waals surface area contributed by atoms with E-state index in [1.165, 1.54) is 44.1 Å². The molecule has 0 aliphatic heterocycles. The Morgan fingerprint density at radius 2 is 2.19 bits per heavy atom. The normalized spacial score (nSPS) is 29.5. The monoisotopic (exact) mass is 284 g/mol. The summed E-state index contributed by atoms with van der Waals surface area (Å²) in [5.74, 6) is 0.823. The van der Waals surface area contributed by atoms with Gasteiger partial charge < -0.3 is 0 Å². The highest BCUT2D eigenvalue weighted by atomic mass is 14.4.